The molecule has 2 aliphatic heterocycles. The number of piperidine rings is 1. The molecule has 12 heteroatoms. The fourth-order valence-electron chi connectivity index (χ4n) is 3.38. The fraction of sp³-hybridized carbons (Fsp3) is 0.500. The number of primary amides is 1. The van der Waals surface area contributed by atoms with Crippen molar-refractivity contribution in [1.82, 2.24) is 4.31 Å². The molecule has 154 valence electrons. The summed E-state index contributed by atoms with van der Waals surface area (Å²) in [6, 6.07) is 3.78. The maximum Gasteiger partial charge on any atom is 0.246 e. The average molecular weight is 431 g/mol. The Balaban J connectivity index is 1.99. The number of carbonyl (C=O) groups is 2. The van der Waals surface area contributed by atoms with E-state index in [1.807, 2.05) is 0 Å². The maximum absolute atomic E-state index is 13.1. The molecular formula is C16H21N3O7S2. The topological polar surface area (TPSA) is 144 Å². The van der Waals surface area contributed by atoms with Gasteiger partial charge in [-0.3, -0.25) is 9.59 Å². The quantitative estimate of drug-likeness (QED) is 0.671. The van der Waals surface area contributed by atoms with Gasteiger partial charge in [0.15, 0.2) is 0 Å². The van der Waals surface area contributed by atoms with E-state index in [1.54, 1.807) is 0 Å². The number of rotatable bonds is 5. The van der Waals surface area contributed by atoms with Gasteiger partial charge in [0.25, 0.3) is 0 Å². The summed E-state index contributed by atoms with van der Waals surface area (Å²) in [5.41, 5.74) is 5.24. The second kappa shape index (κ2) is 7.33. The van der Waals surface area contributed by atoms with E-state index in [9.17, 15) is 26.4 Å². The number of nitrogens with two attached hydrogens (primary N) is 1. The lowest BCUT2D eigenvalue weighted by atomic mass is 9.98. The number of ether oxygens (including phenoxy) is 1. The molecule has 28 heavy (non-hydrogen) atoms. The Morgan fingerprint density at radius 3 is 2.39 bits per heavy atom. The number of benzene rings is 1. The highest BCUT2D eigenvalue weighted by Crippen LogP contribution is 2.35. The predicted molar refractivity (Wildman–Crippen MR) is 99.6 cm³/mol. The molecule has 2 aliphatic rings. The van der Waals surface area contributed by atoms with Crippen molar-refractivity contribution in [2.45, 2.75) is 24.2 Å². The van der Waals surface area contributed by atoms with Crippen LogP contribution in [0.3, 0.4) is 0 Å². The van der Waals surface area contributed by atoms with Crippen molar-refractivity contribution >= 4 is 37.5 Å². The maximum atomic E-state index is 13.1. The van der Waals surface area contributed by atoms with Gasteiger partial charge in [-0.05, 0) is 31.0 Å². The smallest absolute Gasteiger partial charge is 0.246 e. The van der Waals surface area contributed by atoms with Gasteiger partial charge in [-0.2, -0.15) is 4.31 Å². The lowest BCUT2D eigenvalue weighted by molar-refractivity contribution is -0.122. The zero-order chi connectivity index (χ0) is 20.7. The van der Waals surface area contributed by atoms with Crippen LogP contribution < -0.4 is 14.8 Å². The summed E-state index contributed by atoms with van der Waals surface area (Å²) in [6.07, 6.45) is 0.447. The van der Waals surface area contributed by atoms with Crippen LogP contribution in [0.1, 0.15) is 19.3 Å². The summed E-state index contributed by atoms with van der Waals surface area (Å²) in [4.78, 5) is 23.1. The van der Waals surface area contributed by atoms with Gasteiger partial charge in [0.05, 0.1) is 18.6 Å². The monoisotopic (exact) mass is 431 g/mol. The van der Waals surface area contributed by atoms with Crippen molar-refractivity contribution in [2.75, 3.05) is 30.3 Å². The molecular weight excluding hydrogens is 410 g/mol. The Hall–Kier alpha value is -2.18. The summed E-state index contributed by atoms with van der Waals surface area (Å²) in [6.45, 7) is 0.203. The molecule has 0 aromatic heterocycles. The second-order valence-corrected chi connectivity index (χ2v) is 10.5. The van der Waals surface area contributed by atoms with Gasteiger partial charge in [-0.25, -0.2) is 21.1 Å². The molecule has 2 fully saturated rings. The molecule has 2 amide bonds. The number of anilines is 1. The van der Waals surface area contributed by atoms with Crippen molar-refractivity contribution in [1.29, 1.82) is 0 Å². The molecule has 0 saturated carbocycles. The minimum Gasteiger partial charge on any atom is -0.495 e. The molecule has 0 aliphatic carbocycles. The van der Waals surface area contributed by atoms with Crippen molar-refractivity contribution in [2.24, 2.45) is 11.7 Å². The van der Waals surface area contributed by atoms with Crippen LogP contribution in [-0.2, 0) is 29.6 Å². The number of methoxy groups -OCH3 is 1. The normalized spacial score (nSPS) is 21.0. The highest BCUT2D eigenvalue weighted by Gasteiger charge is 2.38. The van der Waals surface area contributed by atoms with Crippen molar-refractivity contribution in [3.05, 3.63) is 18.2 Å². The number of carbonyl (C=O) groups excluding carboxylic acids is 2. The fourth-order valence-corrected chi connectivity index (χ4v) is 6.48. The van der Waals surface area contributed by atoms with Gasteiger partial charge in [0, 0.05) is 25.4 Å². The minimum atomic E-state index is -4.04. The first-order valence-electron chi connectivity index (χ1n) is 8.61. The Bertz CT molecular complexity index is 1010. The molecule has 3 rings (SSSR count). The second-order valence-electron chi connectivity index (χ2n) is 6.64. The first-order valence-corrected chi connectivity index (χ1v) is 11.7. The van der Waals surface area contributed by atoms with E-state index >= 15 is 0 Å². The average Bonchev–Trinajstić information content (AvgIpc) is 2.93. The third kappa shape index (κ3) is 3.59. The Kier molecular flexibility index (Phi) is 5.38. The summed E-state index contributed by atoms with van der Waals surface area (Å²) < 4.78 is 57.6. The summed E-state index contributed by atoms with van der Waals surface area (Å²) in [5.74, 6) is -1.75. The van der Waals surface area contributed by atoms with Crippen LogP contribution in [0.4, 0.5) is 5.69 Å². The van der Waals surface area contributed by atoms with Gasteiger partial charge in [0.1, 0.15) is 10.6 Å². The van der Waals surface area contributed by atoms with Crippen LogP contribution in [0, 0.1) is 5.92 Å². The molecule has 0 spiro atoms. The van der Waals surface area contributed by atoms with Crippen molar-refractivity contribution in [3.63, 3.8) is 0 Å². The first kappa shape index (κ1) is 20.6. The van der Waals surface area contributed by atoms with Crippen LogP contribution in [-0.4, -0.2) is 58.9 Å². The lowest BCUT2D eigenvalue weighted by Gasteiger charge is -2.30. The molecule has 0 bridgehead atoms. The summed E-state index contributed by atoms with van der Waals surface area (Å²) in [5, 5.41) is 0. The Morgan fingerprint density at radius 1 is 1.25 bits per heavy atom. The van der Waals surface area contributed by atoms with Gasteiger partial charge in [-0.15, -0.1) is 0 Å². The molecule has 0 unspecified atom stereocenters. The van der Waals surface area contributed by atoms with Crippen LogP contribution in [0.2, 0.25) is 0 Å². The molecule has 0 radical (unpaired) electrons. The molecule has 2 heterocycles. The first-order chi connectivity index (χ1) is 13.1. The molecule has 0 atom stereocenters. The van der Waals surface area contributed by atoms with Gasteiger partial charge >= 0.3 is 0 Å². The number of nitrogens with zero attached hydrogens (tertiary/aromatic N) is 2. The molecule has 2 saturated heterocycles. The zero-order valence-corrected chi connectivity index (χ0v) is 16.8. The van der Waals surface area contributed by atoms with E-state index in [4.69, 9.17) is 10.5 Å². The third-order valence-corrected chi connectivity index (χ3v) is 8.55. The van der Waals surface area contributed by atoms with Crippen molar-refractivity contribution < 1.29 is 31.2 Å². The standard InChI is InChI=1S/C16H21N3O7S2/c1-26-13-3-2-12(19-15(20)6-9-27(19,22)23)10-14(13)28(24,25)18-7-4-11(5-8-18)16(17)21/h2-3,10-11H,4-9H2,1H3,(H2,17,21). The van der Waals surface area contributed by atoms with E-state index in [0.29, 0.717) is 17.1 Å². The molecule has 1 aromatic rings. The minimum absolute atomic E-state index is 0.0322. The number of hydrogen-bond donors (Lipinski definition) is 1. The van der Waals surface area contributed by atoms with Gasteiger partial charge in [-0.1, -0.05) is 0 Å². The van der Waals surface area contributed by atoms with Gasteiger partial charge < -0.3 is 10.5 Å². The van der Waals surface area contributed by atoms with Crippen LogP contribution in [0.25, 0.3) is 0 Å². The number of sulfonamides is 2. The third-order valence-electron chi connectivity index (χ3n) is 4.93. The van der Waals surface area contributed by atoms with E-state index in [1.165, 1.54) is 23.5 Å². The Labute approximate surface area is 163 Å². The molecule has 2 N–H and O–H groups in total. The largest absolute Gasteiger partial charge is 0.495 e. The van der Waals surface area contributed by atoms with Crippen LogP contribution >= 0.6 is 0 Å². The van der Waals surface area contributed by atoms with Gasteiger partial charge in [0.2, 0.25) is 31.9 Å². The lowest BCUT2D eigenvalue weighted by Crippen LogP contribution is -2.41. The number of hydrogen-bond acceptors (Lipinski definition) is 7. The number of amides is 2. The SMILES string of the molecule is COc1ccc(N2C(=O)CCS2(=O)=O)cc1S(=O)(=O)N1CCC(C(N)=O)CC1. The van der Waals surface area contributed by atoms with E-state index in [0.717, 1.165) is 6.07 Å². The van der Waals surface area contributed by atoms with E-state index < -0.39 is 31.9 Å². The predicted octanol–water partition coefficient (Wildman–Crippen LogP) is -0.352. The highest BCUT2D eigenvalue weighted by molar-refractivity contribution is 7.94. The molecule has 10 nitrogen and oxygen atoms in total. The Morgan fingerprint density at radius 2 is 1.89 bits per heavy atom. The van der Waals surface area contributed by atoms with E-state index in [2.05, 4.69) is 0 Å². The van der Waals surface area contributed by atoms with Crippen LogP contribution in [0.5, 0.6) is 5.75 Å². The van der Waals surface area contributed by atoms with Crippen LogP contribution in [0.15, 0.2) is 23.1 Å². The molecule has 1 aromatic carbocycles. The highest BCUT2D eigenvalue weighted by atomic mass is 32.2. The summed E-state index contributed by atoms with van der Waals surface area (Å²) in [7, 11) is -6.57. The summed E-state index contributed by atoms with van der Waals surface area (Å²) >= 11 is 0. The van der Waals surface area contributed by atoms with Crippen molar-refractivity contribution in [3.8, 4) is 5.75 Å². The van der Waals surface area contributed by atoms with E-state index in [-0.39, 0.29) is 47.5 Å². The zero-order valence-electron chi connectivity index (χ0n) is 15.2.